The van der Waals surface area contributed by atoms with Crippen LogP contribution in [0.3, 0.4) is 0 Å². The minimum atomic E-state index is -5.25. The molecular formula is C22H16ClF7N4O2. The summed E-state index contributed by atoms with van der Waals surface area (Å²) in [6.07, 6.45) is -9.63. The van der Waals surface area contributed by atoms with Crippen LogP contribution < -0.4 is 5.73 Å². The van der Waals surface area contributed by atoms with E-state index >= 15 is 0 Å². The average Bonchev–Trinajstić information content (AvgIpc) is 3.12. The Labute approximate surface area is 203 Å². The molecule has 3 aromatic rings. The lowest BCUT2D eigenvalue weighted by atomic mass is 9.88. The number of halogens is 8. The van der Waals surface area contributed by atoms with Gasteiger partial charge in [0, 0.05) is 6.04 Å². The number of hydrogen-bond acceptors (Lipinski definition) is 3. The smallest absolute Gasteiger partial charge is 0.366 e. The fourth-order valence-corrected chi connectivity index (χ4v) is 4.30. The number of aromatic amines is 1. The molecule has 2 aromatic carbocycles. The number of nitrogens with one attached hydrogen (secondary N) is 1. The molecule has 1 heterocycles. The first-order valence-electron chi connectivity index (χ1n) is 10.4. The number of nitrogens with zero attached hydrogens (tertiary/aromatic N) is 2. The van der Waals surface area contributed by atoms with Crippen LogP contribution in [-0.2, 0) is 6.18 Å². The molecule has 1 aliphatic rings. The fraction of sp³-hybridized carbons (Fsp3) is 0.318. The number of carbonyl (C=O) groups excluding carboxylic acids is 2. The Kier molecular flexibility index (Phi) is 6.40. The van der Waals surface area contributed by atoms with Crippen molar-refractivity contribution in [2.75, 3.05) is 0 Å². The molecule has 0 bridgehead atoms. The number of H-pyrrole nitrogens is 1. The van der Waals surface area contributed by atoms with Crippen LogP contribution in [0, 0.1) is 5.82 Å². The molecule has 192 valence electrons. The number of amides is 2. The Morgan fingerprint density at radius 1 is 1.11 bits per heavy atom. The number of carbonyl (C=O) groups is 2. The van der Waals surface area contributed by atoms with E-state index < -0.39 is 59.0 Å². The Morgan fingerprint density at radius 3 is 2.31 bits per heavy atom. The molecule has 1 atom stereocenters. The van der Waals surface area contributed by atoms with Gasteiger partial charge in [-0.25, -0.2) is 9.37 Å². The minimum absolute atomic E-state index is 0.00908. The zero-order chi connectivity index (χ0) is 26.6. The second-order valence-corrected chi connectivity index (χ2v) is 8.68. The van der Waals surface area contributed by atoms with Gasteiger partial charge >= 0.3 is 12.4 Å². The number of imidazole rings is 1. The summed E-state index contributed by atoms with van der Waals surface area (Å²) in [6, 6.07) is -0.488. The number of fused-ring (bicyclic) bond motifs is 1. The quantitative estimate of drug-likeness (QED) is 0.405. The predicted molar refractivity (Wildman–Crippen MR) is 114 cm³/mol. The lowest BCUT2D eigenvalue weighted by molar-refractivity contribution is -0.187. The number of aromatic nitrogens is 2. The van der Waals surface area contributed by atoms with Gasteiger partial charge in [-0.1, -0.05) is 17.7 Å². The van der Waals surface area contributed by atoms with Crippen LogP contribution in [0.15, 0.2) is 30.3 Å². The van der Waals surface area contributed by atoms with Gasteiger partial charge in [-0.05, 0) is 49.1 Å². The Bertz CT molecular complexity index is 1350. The summed E-state index contributed by atoms with van der Waals surface area (Å²) in [7, 11) is 0. The summed E-state index contributed by atoms with van der Waals surface area (Å²) in [5.41, 5.74) is 2.38. The highest BCUT2D eigenvalue weighted by Crippen LogP contribution is 2.44. The van der Waals surface area contributed by atoms with Crippen molar-refractivity contribution < 1.29 is 40.3 Å². The van der Waals surface area contributed by atoms with Gasteiger partial charge in [0.2, 0.25) is 5.91 Å². The predicted octanol–water partition coefficient (Wildman–Crippen LogP) is 5.77. The largest absolute Gasteiger partial charge is 0.419 e. The zero-order valence-corrected chi connectivity index (χ0v) is 18.7. The SMILES string of the molecule is NC(=O)c1cc2nc(C(=O)N(C3CCC3)C(c3ccc(F)c(C(F)(F)F)c3)C(F)(F)F)[nH]c2cc1Cl. The highest BCUT2D eigenvalue weighted by atomic mass is 35.5. The highest BCUT2D eigenvalue weighted by Gasteiger charge is 2.51. The minimum Gasteiger partial charge on any atom is -0.366 e. The molecule has 0 saturated heterocycles. The lowest BCUT2D eigenvalue weighted by Gasteiger charge is -2.43. The summed E-state index contributed by atoms with van der Waals surface area (Å²) >= 11 is 5.97. The third-order valence-electron chi connectivity index (χ3n) is 5.94. The van der Waals surface area contributed by atoms with Crippen molar-refractivity contribution in [3.63, 3.8) is 0 Å². The molecule has 14 heteroatoms. The summed E-state index contributed by atoms with van der Waals surface area (Å²) in [6.45, 7) is 0. The van der Waals surface area contributed by atoms with Gasteiger partial charge in [-0.2, -0.15) is 26.3 Å². The van der Waals surface area contributed by atoms with E-state index in [2.05, 4.69) is 9.97 Å². The van der Waals surface area contributed by atoms with Crippen LogP contribution in [0.1, 0.15) is 57.4 Å². The van der Waals surface area contributed by atoms with Crippen molar-refractivity contribution >= 4 is 34.4 Å². The van der Waals surface area contributed by atoms with Crippen molar-refractivity contribution in [1.82, 2.24) is 14.9 Å². The summed E-state index contributed by atoms with van der Waals surface area (Å²) in [4.78, 5) is 31.8. The number of alkyl halides is 6. The normalized spacial score (nSPS) is 15.6. The van der Waals surface area contributed by atoms with Crippen LogP contribution >= 0.6 is 11.6 Å². The van der Waals surface area contributed by atoms with E-state index in [1.165, 1.54) is 6.07 Å². The summed E-state index contributed by atoms with van der Waals surface area (Å²) in [5, 5.41) is -0.0901. The fourth-order valence-electron chi connectivity index (χ4n) is 4.04. The monoisotopic (exact) mass is 536 g/mol. The Balaban J connectivity index is 1.83. The molecule has 0 spiro atoms. The zero-order valence-electron chi connectivity index (χ0n) is 18.0. The number of primary amides is 1. The molecule has 1 unspecified atom stereocenters. The van der Waals surface area contributed by atoms with Gasteiger partial charge in [0.05, 0.1) is 27.2 Å². The molecule has 0 aliphatic heterocycles. The number of benzene rings is 2. The Morgan fingerprint density at radius 2 is 1.78 bits per heavy atom. The van der Waals surface area contributed by atoms with Gasteiger partial charge in [0.15, 0.2) is 11.9 Å². The van der Waals surface area contributed by atoms with Gasteiger partial charge < -0.3 is 15.6 Å². The molecular weight excluding hydrogens is 521 g/mol. The first kappa shape index (κ1) is 25.7. The number of nitrogens with two attached hydrogens (primary N) is 1. The molecule has 3 N–H and O–H groups in total. The average molecular weight is 537 g/mol. The molecule has 2 amide bonds. The molecule has 6 nitrogen and oxygen atoms in total. The maximum Gasteiger partial charge on any atom is 0.419 e. The van der Waals surface area contributed by atoms with Crippen molar-refractivity contribution in [2.24, 2.45) is 5.73 Å². The summed E-state index contributed by atoms with van der Waals surface area (Å²) < 4.78 is 96.4. The second-order valence-electron chi connectivity index (χ2n) is 8.28. The molecule has 36 heavy (non-hydrogen) atoms. The van der Waals surface area contributed by atoms with Crippen LogP contribution in [0.5, 0.6) is 0 Å². The third kappa shape index (κ3) is 4.71. The van der Waals surface area contributed by atoms with E-state index in [9.17, 15) is 40.3 Å². The van der Waals surface area contributed by atoms with Crippen LogP contribution in [0.2, 0.25) is 5.02 Å². The summed E-state index contributed by atoms with van der Waals surface area (Å²) in [5.74, 6) is -4.44. The molecule has 1 saturated carbocycles. The van der Waals surface area contributed by atoms with E-state index in [0.717, 1.165) is 6.07 Å². The molecule has 1 fully saturated rings. The van der Waals surface area contributed by atoms with Crippen LogP contribution in [0.4, 0.5) is 30.7 Å². The maximum absolute atomic E-state index is 14.3. The van der Waals surface area contributed by atoms with E-state index in [0.29, 0.717) is 17.4 Å². The van der Waals surface area contributed by atoms with Gasteiger partial charge in [0.1, 0.15) is 5.82 Å². The molecule has 4 rings (SSSR count). The van der Waals surface area contributed by atoms with Gasteiger partial charge in [-0.15, -0.1) is 0 Å². The van der Waals surface area contributed by atoms with Crippen LogP contribution in [-0.4, -0.2) is 38.9 Å². The maximum atomic E-state index is 14.3. The highest BCUT2D eigenvalue weighted by molar-refractivity contribution is 6.34. The van der Waals surface area contributed by atoms with Crippen LogP contribution in [0.25, 0.3) is 11.0 Å². The van der Waals surface area contributed by atoms with E-state index in [1.807, 2.05) is 0 Å². The van der Waals surface area contributed by atoms with E-state index in [1.54, 1.807) is 0 Å². The first-order valence-corrected chi connectivity index (χ1v) is 10.8. The van der Waals surface area contributed by atoms with Crippen molar-refractivity contribution in [2.45, 2.75) is 43.7 Å². The van der Waals surface area contributed by atoms with E-state index in [4.69, 9.17) is 17.3 Å². The van der Waals surface area contributed by atoms with Crippen molar-refractivity contribution in [3.05, 3.63) is 63.7 Å². The Hall–Kier alpha value is -3.35. The third-order valence-corrected chi connectivity index (χ3v) is 6.25. The van der Waals surface area contributed by atoms with Gasteiger partial charge in [0.25, 0.3) is 5.91 Å². The first-order chi connectivity index (χ1) is 16.7. The number of rotatable bonds is 5. The standard InChI is InChI=1S/C22H16ClF7N4O2/c23-13-8-16-15(7-11(13)18(31)35)32-19(33-16)20(36)34(10-2-1-3-10)17(22(28,29)30)9-4-5-14(24)12(6-9)21(25,26)27/h4-8,10,17H,1-3H2,(H2,31,35)(H,32,33). The topological polar surface area (TPSA) is 92.1 Å². The number of hydrogen-bond donors (Lipinski definition) is 2. The molecule has 0 radical (unpaired) electrons. The van der Waals surface area contributed by atoms with Gasteiger partial charge in [-0.3, -0.25) is 9.59 Å². The van der Waals surface area contributed by atoms with Crippen molar-refractivity contribution in [3.8, 4) is 0 Å². The molecule has 1 aliphatic carbocycles. The lowest BCUT2D eigenvalue weighted by Crippen LogP contribution is -2.51. The second kappa shape index (κ2) is 8.95. The molecule has 1 aromatic heterocycles. The van der Waals surface area contributed by atoms with E-state index in [-0.39, 0.29) is 46.6 Å². The van der Waals surface area contributed by atoms with Crippen molar-refractivity contribution in [1.29, 1.82) is 0 Å².